The molecule has 0 saturated heterocycles. The fraction of sp³-hybridized carbons (Fsp3) is 0.118. The van der Waals surface area contributed by atoms with E-state index in [0.29, 0.717) is 17.4 Å². The van der Waals surface area contributed by atoms with Crippen molar-refractivity contribution in [3.63, 3.8) is 0 Å². The van der Waals surface area contributed by atoms with E-state index in [0.717, 1.165) is 11.1 Å². The van der Waals surface area contributed by atoms with Gasteiger partial charge in [-0.25, -0.2) is 4.98 Å². The van der Waals surface area contributed by atoms with E-state index in [1.807, 2.05) is 31.2 Å². The summed E-state index contributed by atoms with van der Waals surface area (Å²) in [4.78, 5) is 16.1. The first kappa shape index (κ1) is 16.5. The zero-order valence-corrected chi connectivity index (χ0v) is 13.3. The van der Waals surface area contributed by atoms with E-state index < -0.39 is 5.91 Å². The number of carbonyl (C=O) groups excluding carboxylic acids is 1. The van der Waals surface area contributed by atoms with E-state index in [1.165, 1.54) is 6.20 Å². The number of halogens is 1. The standard InChI is InChI=1S/C17H15ClN4O/c1-12-2-7-16(20-9-12)21-11-14(8-19)17(23)22-10-13-3-5-15(18)6-4-13/h2-7,9,11H,10H2,1H3,(H,20,21)(H,22,23)/b14-11-. The Labute approximate surface area is 139 Å². The first-order chi connectivity index (χ1) is 11.1. The van der Waals surface area contributed by atoms with Crippen LogP contribution in [0.25, 0.3) is 0 Å². The minimum Gasteiger partial charge on any atom is -0.347 e. The van der Waals surface area contributed by atoms with E-state index in [9.17, 15) is 4.79 Å². The Bertz CT molecular complexity index is 746. The van der Waals surface area contributed by atoms with Crippen molar-refractivity contribution in [3.05, 3.63) is 70.5 Å². The lowest BCUT2D eigenvalue weighted by molar-refractivity contribution is -0.117. The van der Waals surface area contributed by atoms with Crippen molar-refractivity contribution in [1.29, 1.82) is 5.26 Å². The molecule has 1 aromatic carbocycles. The summed E-state index contributed by atoms with van der Waals surface area (Å²) in [5.74, 6) is 0.107. The van der Waals surface area contributed by atoms with Crippen LogP contribution in [0.2, 0.25) is 5.02 Å². The molecule has 5 nitrogen and oxygen atoms in total. The number of carbonyl (C=O) groups is 1. The largest absolute Gasteiger partial charge is 0.347 e. The quantitative estimate of drug-likeness (QED) is 0.653. The molecule has 116 valence electrons. The minimum absolute atomic E-state index is 0.0265. The van der Waals surface area contributed by atoms with Crippen molar-refractivity contribution in [2.45, 2.75) is 13.5 Å². The van der Waals surface area contributed by atoms with Crippen LogP contribution < -0.4 is 10.6 Å². The summed E-state index contributed by atoms with van der Waals surface area (Å²) >= 11 is 5.80. The SMILES string of the molecule is Cc1ccc(N/C=C(/C#N)C(=O)NCc2ccc(Cl)cc2)nc1. The second kappa shape index (κ2) is 7.97. The number of benzene rings is 1. The Morgan fingerprint density at radius 2 is 2.04 bits per heavy atom. The molecule has 0 fully saturated rings. The van der Waals surface area contributed by atoms with Crippen LogP contribution in [0.4, 0.5) is 5.82 Å². The lowest BCUT2D eigenvalue weighted by Crippen LogP contribution is -2.24. The highest BCUT2D eigenvalue weighted by molar-refractivity contribution is 6.30. The molecular formula is C17H15ClN4O. The van der Waals surface area contributed by atoms with E-state index >= 15 is 0 Å². The van der Waals surface area contributed by atoms with Gasteiger partial charge in [-0.3, -0.25) is 4.79 Å². The van der Waals surface area contributed by atoms with E-state index in [-0.39, 0.29) is 5.57 Å². The Morgan fingerprint density at radius 1 is 1.30 bits per heavy atom. The van der Waals surface area contributed by atoms with Crippen LogP contribution in [0.1, 0.15) is 11.1 Å². The maximum absolute atomic E-state index is 12.0. The van der Waals surface area contributed by atoms with Crippen molar-refractivity contribution in [1.82, 2.24) is 10.3 Å². The van der Waals surface area contributed by atoms with Crippen molar-refractivity contribution in [2.24, 2.45) is 0 Å². The first-order valence-corrected chi connectivity index (χ1v) is 7.28. The zero-order valence-electron chi connectivity index (χ0n) is 12.5. The molecule has 0 radical (unpaired) electrons. The van der Waals surface area contributed by atoms with Crippen LogP contribution in [0.5, 0.6) is 0 Å². The molecule has 1 heterocycles. The summed E-state index contributed by atoms with van der Waals surface area (Å²) < 4.78 is 0. The van der Waals surface area contributed by atoms with Crippen LogP contribution in [0.15, 0.2) is 54.4 Å². The summed E-state index contributed by atoms with van der Waals surface area (Å²) in [6.07, 6.45) is 3.04. The molecule has 2 rings (SSSR count). The third-order valence-corrected chi connectivity index (χ3v) is 3.26. The van der Waals surface area contributed by atoms with Crippen LogP contribution >= 0.6 is 11.6 Å². The number of nitrogens with one attached hydrogen (secondary N) is 2. The number of hydrogen-bond donors (Lipinski definition) is 2. The Morgan fingerprint density at radius 3 is 2.65 bits per heavy atom. The Kier molecular flexibility index (Phi) is 5.73. The molecule has 0 spiro atoms. The maximum Gasteiger partial charge on any atom is 0.263 e. The number of hydrogen-bond acceptors (Lipinski definition) is 4. The van der Waals surface area contributed by atoms with Crippen LogP contribution in [0.3, 0.4) is 0 Å². The number of amides is 1. The number of nitriles is 1. The lowest BCUT2D eigenvalue weighted by atomic mass is 10.2. The Balaban J connectivity index is 1.95. The van der Waals surface area contributed by atoms with E-state index in [1.54, 1.807) is 24.4 Å². The number of aryl methyl sites for hydroxylation is 1. The van der Waals surface area contributed by atoms with Gasteiger partial charge in [-0.15, -0.1) is 0 Å². The van der Waals surface area contributed by atoms with Gasteiger partial charge in [-0.1, -0.05) is 29.8 Å². The summed E-state index contributed by atoms with van der Waals surface area (Å²) in [7, 11) is 0. The molecule has 0 atom stereocenters. The van der Waals surface area contributed by atoms with Gasteiger partial charge in [-0.2, -0.15) is 5.26 Å². The van der Waals surface area contributed by atoms with Crippen LogP contribution in [-0.4, -0.2) is 10.9 Å². The topological polar surface area (TPSA) is 77.8 Å². The Hall–Kier alpha value is -2.84. The third kappa shape index (κ3) is 5.13. The second-order valence-corrected chi connectivity index (χ2v) is 5.28. The van der Waals surface area contributed by atoms with E-state index in [4.69, 9.17) is 16.9 Å². The monoisotopic (exact) mass is 326 g/mol. The molecule has 0 saturated carbocycles. The molecule has 0 aliphatic heterocycles. The summed E-state index contributed by atoms with van der Waals surface area (Å²) in [5, 5.41) is 15.2. The predicted molar refractivity (Wildman–Crippen MR) is 89.6 cm³/mol. The molecular weight excluding hydrogens is 312 g/mol. The minimum atomic E-state index is -0.456. The molecule has 0 aliphatic carbocycles. The van der Waals surface area contributed by atoms with Gasteiger partial charge in [0.2, 0.25) is 0 Å². The van der Waals surface area contributed by atoms with E-state index in [2.05, 4.69) is 15.6 Å². The molecule has 2 N–H and O–H groups in total. The van der Waals surface area contributed by atoms with Gasteiger partial charge >= 0.3 is 0 Å². The maximum atomic E-state index is 12.0. The average Bonchev–Trinajstić information content (AvgIpc) is 2.56. The highest BCUT2D eigenvalue weighted by atomic mass is 35.5. The molecule has 0 bridgehead atoms. The third-order valence-electron chi connectivity index (χ3n) is 3.01. The molecule has 23 heavy (non-hydrogen) atoms. The fourth-order valence-corrected chi connectivity index (χ4v) is 1.85. The van der Waals surface area contributed by atoms with Gasteiger partial charge in [0.15, 0.2) is 0 Å². The molecule has 0 aliphatic rings. The van der Waals surface area contributed by atoms with Crippen molar-refractivity contribution in [3.8, 4) is 6.07 Å². The van der Waals surface area contributed by atoms with Crippen LogP contribution in [-0.2, 0) is 11.3 Å². The molecule has 1 amide bonds. The second-order valence-electron chi connectivity index (χ2n) is 4.84. The van der Waals surface area contributed by atoms with Gasteiger partial charge in [0.25, 0.3) is 5.91 Å². The van der Waals surface area contributed by atoms with Crippen molar-refractivity contribution < 1.29 is 4.79 Å². The molecule has 0 unspecified atom stereocenters. The fourth-order valence-electron chi connectivity index (χ4n) is 1.73. The molecule has 6 heteroatoms. The van der Waals surface area contributed by atoms with Gasteiger partial charge in [0.05, 0.1) is 0 Å². The number of anilines is 1. The molecule has 1 aromatic heterocycles. The van der Waals surface area contributed by atoms with Crippen LogP contribution in [0, 0.1) is 18.3 Å². The lowest BCUT2D eigenvalue weighted by Gasteiger charge is -2.05. The zero-order chi connectivity index (χ0) is 16.7. The number of nitrogens with zero attached hydrogens (tertiary/aromatic N) is 2. The highest BCUT2D eigenvalue weighted by Crippen LogP contribution is 2.09. The van der Waals surface area contributed by atoms with Gasteiger partial charge < -0.3 is 10.6 Å². The van der Waals surface area contributed by atoms with Crippen molar-refractivity contribution >= 4 is 23.3 Å². The summed E-state index contributed by atoms with van der Waals surface area (Å²) in [6.45, 7) is 2.25. The molecule has 2 aromatic rings. The van der Waals surface area contributed by atoms with Gasteiger partial charge in [0.1, 0.15) is 17.5 Å². The summed E-state index contributed by atoms with van der Waals surface area (Å²) in [5.41, 5.74) is 1.90. The highest BCUT2D eigenvalue weighted by Gasteiger charge is 2.08. The van der Waals surface area contributed by atoms with Gasteiger partial charge in [-0.05, 0) is 36.2 Å². The normalized spacial score (nSPS) is 10.7. The first-order valence-electron chi connectivity index (χ1n) is 6.90. The number of rotatable bonds is 5. The number of aromatic nitrogens is 1. The number of pyridine rings is 1. The predicted octanol–water partition coefficient (Wildman–Crippen LogP) is 3.18. The summed E-state index contributed by atoms with van der Waals surface area (Å²) in [6, 6.07) is 12.6. The van der Waals surface area contributed by atoms with Gasteiger partial charge in [0, 0.05) is 24.0 Å². The smallest absolute Gasteiger partial charge is 0.263 e. The average molecular weight is 327 g/mol. The van der Waals surface area contributed by atoms with Crippen molar-refractivity contribution in [2.75, 3.05) is 5.32 Å².